The molecule has 0 aliphatic carbocycles. The topological polar surface area (TPSA) is 45.8 Å². The van der Waals surface area contributed by atoms with Crippen molar-refractivity contribution in [2.24, 2.45) is 0 Å². The molecule has 3 fully saturated rings. The number of ether oxygens (including phenoxy) is 2. The third-order valence-electron chi connectivity index (χ3n) is 5.29. The third kappa shape index (κ3) is 5.69. The van der Waals surface area contributed by atoms with Gasteiger partial charge in [0.25, 0.3) is 0 Å². The Morgan fingerprint density at radius 2 is 1.88 bits per heavy atom. The van der Waals surface area contributed by atoms with E-state index in [0.29, 0.717) is 30.8 Å². The van der Waals surface area contributed by atoms with Crippen molar-refractivity contribution in [3.63, 3.8) is 0 Å². The van der Waals surface area contributed by atoms with Gasteiger partial charge in [-0.3, -0.25) is 4.90 Å². The van der Waals surface area contributed by atoms with Gasteiger partial charge in [-0.25, -0.2) is 0 Å². The van der Waals surface area contributed by atoms with Crippen LogP contribution in [0.15, 0.2) is 30.3 Å². The molecule has 0 radical (unpaired) electrons. The fourth-order valence-corrected chi connectivity index (χ4v) is 4.07. The molecule has 3 saturated heterocycles. The molecule has 3 aliphatic heterocycles. The predicted molar refractivity (Wildman–Crippen MR) is 111 cm³/mol. The largest absolute Gasteiger partial charge is 0.378 e. The van der Waals surface area contributed by atoms with E-state index in [4.69, 9.17) is 9.47 Å². The van der Waals surface area contributed by atoms with E-state index in [-0.39, 0.29) is 37.2 Å². The van der Waals surface area contributed by atoms with Gasteiger partial charge < -0.3 is 20.1 Å². The lowest BCUT2D eigenvalue weighted by atomic mass is 10.1. The van der Waals surface area contributed by atoms with Crippen LogP contribution in [0, 0.1) is 0 Å². The van der Waals surface area contributed by atoms with Gasteiger partial charge in [0, 0.05) is 38.3 Å². The number of nitrogens with one attached hydrogen (secondary N) is 2. The van der Waals surface area contributed by atoms with Crippen molar-refractivity contribution in [3.8, 4) is 0 Å². The first-order valence-corrected chi connectivity index (χ1v) is 8.83. The zero-order valence-corrected chi connectivity index (χ0v) is 17.3. The fraction of sp³-hybridized carbons (Fsp3) is 0.667. The summed E-state index contributed by atoms with van der Waals surface area (Å²) in [7, 11) is 0. The van der Waals surface area contributed by atoms with Crippen LogP contribution in [-0.4, -0.2) is 68.5 Å². The lowest BCUT2D eigenvalue weighted by Gasteiger charge is -2.38. The molecule has 0 aromatic heterocycles. The zero-order valence-electron chi connectivity index (χ0n) is 14.8. The monoisotopic (exact) mass is 425 g/mol. The molecule has 1 aromatic rings. The van der Waals surface area contributed by atoms with E-state index < -0.39 is 0 Å². The molecule has 0 amide bonds. The standard InChI is InChI=1S/C18H27N3O2.3ClH/c1-2-4-14(5-3-1)11-23-18-8-16-12-22-13-17(18)21(16)10-15-9-19-6-7-20-15;;;/h1-5,15-20H,6-13H2;3*1H. The second-order valence-electron chi connectivity index (χ2n) is 6.88. The highest BCUT2D eigenvalue weighted by Gasteiger charge is 2.45. The summed E-state index contributed by atoms with van der Waals surface area (Å²) < 4.78 is 12.1. The number of fused-ring (bicyclic) bond motifs is 2. The van der Waals surface area contributed by atoms with Gasteiger partial charge in [0.05, 0.1) is 32.0 Å². The smallest absolute Gasteiger partial charge is 0.0773 e. The Balaban J connectivity index is 0.00000113. The van der Waals surface area contributed by atoms with Crippen LogP contribution in [0.3, 0.4) is 0 Å². The summed E-state index contributed by atoms with van der Waals surface area (Å²) in [6.45, 7) is 6.65. The summed E-state index contributed by atoms with van der Waals surface area (Å²) in [5, 5.41) is 7.10. The van der Waals surface area contributed by atoms with Gasteiger partial charge in [-0.1, -0.05) is 30.3 Å². The molecule has 2 bridgehead atoms. The van der Waals surface area contributed by atoms with Crippen LogP contribution in [0.1, 0.15) is 12.0 Å². The van der Waals surface area contributed by atoms with Crippen LogP contribution in [-0.2, 0) is 16.1 Å². The van der Waals surface area contributed by atoms with Gasteiger partial charge in [-0.05, 0) is 12.0 Å². The summed E-state index contributed by atoms with van der Waals surface area (Å²) >= 11 is 0. The van der Waals surface area contributed by atoms with Gasteiger partial charge >= 0.3 is 0 Å². The van der Waals surface area contributed by atoms with Gasteiger partial charge in [0.15, 0.2) is 0 Å². The Hall–Kier alpha value is -0.110. The molecule has 4 unspecified atom stereocenters. The number of benzene rings is 1. The minimum atomic E-state index is 0. The highest BCUT2D eigenvalue weighted by atomic mass is 35.5. The number of halogens is 3. The molecule has 0 saturated carbocycles. The number of rotatable bonds is 5. The quantitative estimate of drug-likeness (QED) is 0.753. The summed E-state index contributed by atoms with van der Waals surface area (Å²) in [5.74, 6) is 0. The van der Waals surface area contributed by atoms with Crippen LogP contribution >= 0.6 is 37.2 Å². The van der Waals surface area contributed by atoms with Crippen LogP contribution in [0.5, 0.6) is 0 Å². The number of piperazine rings is 1. The molecule has 1 aromatic carbocycles. The van der Waals surface area contributed by atoms with Crippen LogP contribution in [0.2, 0.25) is 0 Å². The van der Waals surface area contributed by atoms with Gasteiger partial charge in [-0.2, -0.15) is 0 Å². The Kier molecular flexibility index (Phi) is 10.7. The SMILES string of the molecule is Cl.Cl.Cl.c1ccc(COC2CC3COCC2N3CC2CNCCN2)cc1. The molecule has 2 N–H and O–H groups in total. The summed E-state index contributed by atoms with van der Waals surface area (Å²) in [5.41, 5.74) is 1.25. The second-order valence-corrected chi connectivity index (χ2v) is 6.88. The first-order chi connectivity index (χ1) is 11.4. The zero-order chi connectivity index (χ0) is 15.5. The van der Waals surface area contributed by atoms with Crippen LogP contribution in [0.25, 0.3) is 0 Å². The molecule has 150 valence electrons. The fourth-order valence-electron chi connectivity index (χ4n) is 4.07. The molecule has 3 heterocycles. The van der Waals surface area contributed by atoms with E-state index in [1.165, 1.54) is 5.56 Å². The molecular formula is C18H30Cl3N3O2. The Morgan fingerprint density at radius 3 is 2.62 bits per heavy atom. The Bertz CT molecular complexity index is 506. The minimum absolute atomic E-state index is 0. The van der Waals surface area contributed by atoms with Crippen molar-refractivity contribution in [1.29, 1.82) is 0 Å². The van der Waals surface area contributed by atoms with Crippen molar-refractivity contribution < 1.29 is 9.47 Å². The van der Waals surface area contributed by atoms with Gasteiger partial charge in [0.1, 0.15) is 0 Å². The van der Waals surface area contributed by atoms with Crippen molar-refractivity contribution in [2.45, 2.75) is 37.3 Å². The van der Waals surface area contributed by atoms with Crippen LogP contribution in [0.4, 0.5) is 0 Å². The first-order valence-electron chi connectivity index (χ1n) is 8.83. The molecule has 8 heteroatoms. The normalized spacial score (nSPS) is 30.6. The highest BCUT2D eigenvalue weighted by Crippen LogP contribution is 2.32. The maximum atomic E-state index is 6.26. The first kappa shape index (κ1) is 23.9. The molecule has 4 rings (SSSR count). The van der Waals surface area contributed by atoms with Crippen LogP contribution < -0.4 is 10.6 Å². The number of hydrogen-bond donors (Lipinski definition) is 2. The lowest BCUT2D eigenvalue weighted by molar-refractivity contribution is -0.0522. The summed E-state index contributed by atoms with van der Waals surface area (Å²) in [4.78, 5) is 2.63. The van der Waals surface area contributed by atoms with E-state index in [1.807, 2.05) is 6.07 Å². The van der Waals surface area contributed by atoms with Crippen molar-refractivity contribution in [2.75, 3.05) is 39.4 Å². The predicted octanol–water partition coefficient (Wildman–Crippen LogP) is 1.87. The van der Waals surface area contributed by atoms with Gasteiger partial charge in [-0.15, -0.1) is 37.2 Å². The maximum Gasteiger partial charge on any atom is 0.0773 e. The Labute approximate surface area is 174 Å². The average Bonchev–Trinajstić information content (AvgIpc) is 2.79. The minimum Gasteiger partial charge on any atom is -0.378 e. The maximum absolute atomic E-state index is 6.26. The van der Waals surface area contributed by atoms with Crippen molar-refractivity contribution in [1.82, 2.24) is 15.5 Å². The molecule has 4 atom stereocenters. The lowest BCUT2D eigenvalue weighted by Crippen LogP contribution is -2.58. The molecular weight excluding hydrogens is 397 g/mol. The number of hydrogen-bond acceptors (Lipinski definition) is 5. The molecule has 5 nitrogen and oxygen atoms in total. The number of morpholine rings is 1. The highest BCUT2D eigenvalue weighted by molar-refractivity contribution is 5.86. The number of nitrogens with zero attached hydrogens (tertiary/aromatic N) is 1. The molecule has 0 spiro atoms. The van der Waals surface area contributed by atoms with Crippen molar-refractivity contribution in [3.05, 3.63) is 35.9 Å². The average molecular weight is 427 g/mol. The Morgan fingerprint density at radius 1 is 1.08 bits per heavy atom. The van der Waals surface area contributed by atoms with E-state index in [0.717, 1.165) is 45.8 Å². The molecule has 26 heavy (non-hydrogen) atoms. The molecule has 3 aliphatic rings. The van der Waals surface area contributed by atoms with Gasteiger partial charge in [0.2, 0.25) is 0 Å². The third-order valence-corrected chi connectivity index (χ3v) is 5.29. The summed E-state index contributed by atoms with van der Waals surface area (Å²) in [6, 6.07) is 11.9. The summed E-state index contributed by atoms with van der Waals surface area (Å²) in [6.07, 6.45) is 1.39. The van der Waals surface area contributed by atoms with E-state index in [1.54, 1.807) is 0 Å². The van der Waals surface area contributed by atoms with Crippen molar-refractivity contribution >= 4 is 37.2 Å². The van der Waals surface area contributed by atoms with E-state index in [9.17, 15) is 0 Å². The van der Waals surface area contributed by atoms with E-state index >= 15 is 0 Å². The second kappa shape index (κ2) is 11.7. The van der Waals surface area contributed by atoms with E-state index in [2.05, 4.69) is 39.8 Å².